The lowest BCUT2D eigenvalue weighted by molar-refractivity contribution is 0.277. The Morgan fingerprint density at radius 3 is 2.61 bits per heavy atom. The molecule has 0 saturated carbocycles. The molecule has 1 aliphatic heterocycles. The summed E-state index contributed by atoms with van der Waals surface area (Å²) in [5.74, 6) is -0.436. The summed E-state index contributed by atoms with van der Waals surface area (Å²) < 4.78 is 15.7. The number of benzene rings is 2. The Bertz CT molecular complexity index is 744. The molecule has 3 rings (SSSR count). The van der Waals surface area contributed by atoms with Crippen molar-refractivity contribution in [3.63, 3.8) is 0 Å². The van der Waals surface area contributed by atoms with E-state index in [1.54, 1.807) is 0 Å². The number of phosphoric ester groups is 1. The van der Waals surface area contributed by atoms with E-state index < -0.39 is 7.82 Å². The van der Waals surface area contributed by atoms with Crippen LogP contribution in [-0.2, 0) is 11.0 Å². The van der Waals surface area contributed by atoms with Crippen molar-refractivity contribution in [2.45, 2.75) is 12.3 Å². The fourth-order valence-electron chi connectivity index (χ4n) is 2.93. The standard InChI is InChI=1S/C16H18NO5P/c18-15-8-12-6-7-17-10-14(11-4-2-1-3-5-11)13(12)9-16(15)22-23(19,20)21/h1-5,8-9,14,17-18H,6-7,10H2,(H2,19,20,21). The third-order valence-corrected chi connectivity index (χ3v) is 4.37. The lowest BCUT2D eigenvalue weighted by Gasteiger charge is -2.20. The van der Waals surface area contributed by atoms with E-state index in [0.29, 0.717) is 6.54 Å². The Kier molecular flexibility index (Phi) is 4.41. The van der Waals surface area contributed by atoms with Crippen LogP contribution in [0.5, 0.6) is 11.5 Å². The first-order chi connectivity index (χ1) is 10.9. The highest BCUT2D eigenvalue weighted by molar-refractivity contribution is 7.46. The molecule has 0 spiro atoms. The summed E-state index contributed by atoms with van der Waals surface area (Å²) in [5, 5.41) is 13.3. The molecule has 1 heterocycles. The van der Waals surface area contributed by atoms with Gasteiger partial charge in [0.05, 0.1) is 0 Å². The Morgan fingerprint density at radius 1 is 1.17 bits per heavy atom. The predicted molar refractivity (Wildman–Crippen MR) is 85.6 cm³/mol. The van der Waals surface area contributed by atoms with Gasteiger partial charge in [-0.25, -0.2) is 4.57 Å². The second-order valence-electron chi connectivity index (χ2n) is 5.52. The number of hydrogen-bond donors (Lipinski definition) is 4. The smallest absolute Gasteiger partial charge is 0.504 e. The molecule has 0 saturated heterocycles. The van der Waals surface area contributed by atoms with Crippen molar-refractivity contribution in [2.24, 2.45) is 0 Å². The average molecular weight is 335 g/mol. The van der Waals surface area contributed by atoms with Gasteiger partial charge in [-0.05, 0) is 41.8 Å². The maximum absolute atomic E-state index is 11.1. The zero-order chi connectivity index (χ0) is 16.4. The topological polar surface area (TPSA) is 99.0 Å². The zero-order valence-electron chi connectivity index (χ0n) is 12.3. The summed E-state index contributed by atoms with van der Waals surface area (Å²) >= 11 is 0. The van der Waals surface area contributed by atoms with E-state index in [1.807, 2.05) is 30.3 Å². The highest BCUT2D eigenvalue weighted by atomic mass is 31.2. The summed E-state index contributed by atoms with van der Waals surface area (Å²) in [7, 11) is -4.73. The molecular formula is C16H18NO5P. The molecule has 4 N–H and O–H groups in total. The monoisotopic (exact) mass is 335 g/mol. The van der Waals surface area contributed by atoms with Gasteiger partial charge < -0.3 is 14.9 Å². The van der Waals surface area contributed by atoms with Crippen LogP contribution < -0.4 is 9.84 Å². The fourth-order valence-corrected chi connectivity index (χ4v) is 3.33. The van der Waals surface area contributed by atoms with Gasteiger partial charge in [-0.3, -0.25) is 9.79 Å². The van der Waals surface area contributed by atoms with Crippen molar-refractivity contribution in [2.75, 3.05) is 13.1 Å². The van der Waals surface area contributed by atoms with Crippen LogP contribution in [0.15, 0.2) is 42.5 Å². The number of hydrogen-bond acceptors (Lipinski definition) is 4. The molecule has 122 valence electrons. The van der Waals surface area contributed by atoms with Gasteiger partial charge in [0.15, 0.2) is 11.5 Å². The van der Waals surface area contributed by atoms with Crippen molar-refractivity contribution < 1.29 is 24.0 Å². The molecule has 6 nitrogen and oxygen atoms in total. The number of rotatable bonds is 3. The van der Waals surface area contributed by atoms with Crippen LogP contribution in [0.25, 0.3) is 0 Å². The number of phosphoric acid groups is 1. The van der Waals surface area contributed by atoms with Crippen LogP contribution in [0.2, 0.25) is 0 Å². The first kappa shape index (κ1) is 16.0. The molecule has 7 heteroatoms. The second-order valence-corrected chi connectivity index (χ2v) is 6.68. The SMILES string of the molecule is O=P(O)(O)Oc1cc2c(cc1O)CCNCC2c1ccccc1. The Labute approximate surface area is 134 Å². The lowest BCUT2D eigenvalue weighted by atomic mass is 9.88. The maximum Gasteiger partial charge on any atom is 0.524 e. The molecule has 0 amide bonds. The molecule has 2 aromatic carbocycles. The van der Waals surface area contributed by atoms with Crippen LogP contribution in [0.4, 0.5) is 0 Å². The van der Waals surface area contributed by atoms with E-state index >= 15 is 0 Å². The van der Waals surface area contributed by atoms with Crippen molar-refractivity contribution in [3.05, 3.63) is 59.2 Å². The maximum atomic E-state index is 11.1. The molecule has 0 fully saturated rings. The molecule has 23 heavy (non-hydrogen) atoms. The first-order valence-corrected chi connectivity index (χ1v) is 8.83. The predicted octanol–water partition coefficient (Wildman–Crippen LogP) is 2.14. The van der Waals surface area contributed by atoms with E-state index in [0.717, 1.165) is 29.7 Å². The molecule has 1 unspecified atom stereocenters. The molecule has 2 aromatic rings. The minimum Gasteiger partial charge on any atom is -0.504 e. The van der Waals surface area contributed by atoms with Gasteiger partial charge in [0, 0.05) is 12.5 Å². The summed E-state index contributed by atoms with van der Waals surface area (Å²) in [6.45, 7) is 1.48. The van der Waals surface area contributed by atoms with Crippen molar-refractivity contribution >= 4 is 7.82 Å². The number of phenolic OH excluding ortho intramolecular Hbond substituents is 1. The van der Waals surface area contributed by atoms with E-state index in [2.05, 4.69) is 9.84 Å². The molecule has 0 radical (unpaired) electrons. The summed E-state index contributed by atoms with van der Waals surface area (Å²) in [5.41, 5.74) is 2.94. The van der Waals surface area contributed by atoms with E-state index in [9.17, 15) is 9.67 Å². The highest BCUT2D eigenvalue weighted by Crippen LogP contribution is 2.44. The Morgan fingerprint density at radius 2 is 1.91 bits per heavy atom. The van der Waals surface area contributed by atoms with Crippen LogP contribution in [0.1, 0.15) is 22.6 Å². The first-order valence-electron chi connectivity index (χ1n) is 7.30. The Balaban J connectivity index is 2.08. The van der Waals surface area contributed by atoms with Gasteiger partial charge >= 0.3 is 7.82 Å². The van der Waals surface area contributed by atoms with Gasteiger partial charge in [0.1, 0.15) is 0 Å². The van der Waals surface area contributed by atoms with Gasteiger partial charge in [-0.15, -0.1) is 0 Å². The van der Waals surface area contributed by atoms with E-state index in [4.69, 9.17) is 9.79 Å². The van der Waals surface area contributed by atoms with Crippen LogP contribution >= 0.6 is 7.82 Å². The van der Waals surface area contributed by atoms with Crippen LogP contribution in [-0.4, -0.2) is 28.0 Å². The largest absolute Gasteiger partial charge is 0.524 e. The average Bonchev–Trinajstić information content (AvgIpc) is 2.69. The Hall–Kier alpha value is -1.85. The number of fused-ring (bicyclic) bond motifs is 1. The second kappa shape index (κ2) is 6.34. The quantitative estimate of drug-likeness (QED) is 0.642. The molecular weight excluding hydrogens is 317 g/mol. The van der Waals surface area contributed by atoms with Crippen molar-refractivity contribution in [3.8, 4) is 11.5 Å². The normalized spacial score (nSPS) is 18.1. The molecule has 0 bridgehead atoms. The molecule has 0 aliphatic carbocycles. The highest BCUT2D eigenvalue weighted by Gasteiger charge is 2.25. The van der Waals surface area contributed by atoms with Gasteiger partial charge in [-0.2, -0.15) is 0 Å². The molecule has 1 atom stereocenters. The third-order valence-electron chi connectivity index (χ3n) is 3.93. The molecule has 1 aliphatic rings. The number of phenols is 1. The summed E-state index contributed by atoms with van der Waals surface area (Å²) in [4.78, 5) is 18.0. The van der Waals surface area contributed by atoms with Gasteiger partial charge in [0.2, 0.25) is 0 Å². The summed E-state index contributed by atoms with van der Waals surface area (Å²) in [6, 6.07) is 12.9. The molecule has 0 aromatic heterocycles. The number of aromatic hydroxyl groups is 1. The third kappa shape index (κ3) is 3.74. The van der Waals surface area contributed by atoms with E-state index in [-0.39, 0.29) is 17.4 Å². The summed E-state index contributed by atoms with van der Waals surface area (Å²) in [6.07, 6.45) is 0.725. The lowest BCUT2D eigenvalue weighted by Crippen LogP contribution is -2.20. The van der Waals surface area contributed by atoms with Crippen molar-refractivity contribution in [1.29, 1.82) is 0 Å². The van der Waals surface area contributed by atoms with Crippen LogP contribution in [0.3, 0.4) is 0 Å². The van der Waals surface area contributed by atoms with Gasteiger partial charge in [-0.1, -0.05) is 30.3 Å². The van der Waals surface area contributed by atoms with Crippen LogP contribution in [0, 0.1) is 0 Å². The minimum absolute atomic E-state index is 0.0217. The fraction of sp³-hybridized carbons (Fsp3) is 0.250. The number of nitrogens with one attached hydrogen (secondary N) is 1. The van der Waals surface area contributed by atoms with E-state index in [1.165, 1.54) is 12.1 Å². The van der Waals surface area contributed by atoms with Crippen molar-refractivity contribution in [1.82, 2.24) is 5.32 Å². The minimum atomic E-state index is -4.73. The zero-order valence-corrected chi connectivity index (χ0v) is 13.2. The van der Waals surface area contributed by atoms with Gasteiger partial charge in [0.25, 0.3) is 0 Å².